The fourth-order valence-corrected chi connectivity index (χ4v) is 8.20. The Kier molecular flexibility index (Phi) is 19.5. The van der Waals surface area contributed by atoms with Gasteiger partial charge in [0, 0.05) is 89.8 Å². The van der Waals surface area contributed by atoms with Crippen molar-refractivity contribution in [2.75, 3.05) is 128 Å². The van der Waals surface area contributed by atoms with Crippen molar-refractivity contribution < 1.29 is 62.7 Å². The van der Waals surface area contributed by atoms with E-state index in [2.05, 4.69) is 20.6 Å². The molecule has 0 saturated heterocycles. The van der Waals surface area contributed by atoms with Gasteiger partial charge in [-0.15, -0.1) is 0 Å². The minimum absolute atomic E-state index is 0.00220. The maximum absolute atomic E-state index is 12.3. The number of aliphatic hydroxyl groups is 1. The number of nitrogens with zero attached hydrogens (tertiary/aromatic N) is 14. The molecule has 0 fully saturated rings. The number of amides is 6. The minimum atomic E-state index is -2.77. The lowest BCUT2D eigenvalue weighted by Gasteiger charge is -2.15. The number of likely N-dealkylation sites (N-methyl/N-ethyl adjacent to an activating group) is 1. The van der Waals surface area contributed by atoms with E-state index in [1.165, 1.54) is 76.0 Å². The summed E-state index contributed by atoms with van der Waals surface area (Å²) in [6.45, 7) is -14.8. The molecule has 2 aliphatic heterocycles. The third-order valence-corrected chi connectivity index (χ3v) is 12.7. The molecule has 4 aromatic heterocycles. The van der Waals surface area contributed by atoms with E-state index < -0.39 is 83.1 Å². The zero-order chi connectivity index (χ0) is 83.4. The Morgan fingerprint density at radius 1 is 0.523 bits per heavy atom. The summed E-state index contributed by atoms with van der Waals surface area (Å²) in [6, 6.07) is 13.2. The predicted octanol–water partition coefficient (Wildman–Crippen LogP) is -1.24. The van der Waals surface area contributed by atoms with Gasteiger partial charge in [-0.25, -0.2) is 19.6 Å². The second kappa shape index (κ2) is 36.7. The molecular weight excluding hydrogens is 1140 g/mol. The highest BCUT2D eigenvalue weighted by Crippen LogP contribution is 2.23. The molecule has 2 aliphatic rings. The van der Waals surface area contributed by atoms with E-state index in [1.54, 1.807) is 48.5 Å². The summed E-state index contributed by atoms with van der Waals surface area (Å²) in [6.07, 6.45) is 4.40. The number of aliphatic hydroxyl groups excluding tert-OH is 1. The van der Waals surface area contributed by atoms with Crippen LogP contribution in [0.25, 0.3) is 22.3 Å². The maximum Gasteiger partial charge on any atom is 0.332 e. The smallest absolute Gasteiger partial charge is 0.332 e. The van der Waals surface area contributed by atoms with Crippen LogP contribution in [0, 0.1) is 0 Å². The van der Waals surface area contributed by atoms with Crippen LogP contribution in [-0.2, 0) is 50.9 Å². The summed E-state index contributed by atoms with van der Waals surface area (Å²) in [7, 11) is 7.29. The average molecular weight is 1250 g/mol. The summed E-state index contributed by atoms with van der Waals surface area (Å²) in [5, 5.41) is 14.0. The molecule has 29 nitrogen and oxygen atoms in total. The Balaban J connectivity index is 0.000000346. The second-order valence-corrected chi connectivity index (χ2v) is 19.4. The van der Waals surface area contributed by atoms with Crippen LogP contribution in [0.2, 0.25) is 0 Å². The SMILES string of the molecule is CCNC(=O)Cn1cnc2c1c(=O)n(C)c(=O)n2C.O=C1c2ccccc2C(=O)N1CCCO.[2H]C([2H])([2H])N(C)CCCNC(=O)Cn1cnc2c1c(=O)n(C)c(=O)n2C.[2H]C([2H])([2H])N(CCCN)C([2H])([2H])[2H].[2H]C([2H])([2H])N(CCCN)C([2H])([2H])[2H].[2H]C([2H])([2H])N(CCCN1C(=O)c2ccccc2C1=O)C([2H])([2H])[2H]. The van der Waals surface area contributed by atoms with E-state index in [9.17, 15) is 47.9 Å². The van der Waals surface area contributed by atoms with Gasteiger partial charge in [0.2, 0.25) is 11.8 Å². The van der Waals surface area contributed by atoms with E-state index in [0.29, 0.717) is 82.3 Å². The highest BCUT2D eigenvalue weighted by molar-refractivity contribution is 6.22. The van der Waals surface area contributed by atoms with Crippen molar-refractivity contribution in [2.24, 2.45) is 39.7 Å². The fraction of sp³-hybridized carbons (Fsp3) is 0.525. The van der Waals surface area contributed by atoms with Crippen molar-refractivity contribution in [3.63, 3.8) is 0 Å². The molecule has 6 amide bonds. The number of carbonyl (C=O) groups is 6. The van der Waals surface area contributed by atoms with E-state index >= 15 is 0 Å². The molecule has 8 rings (SSSR count). The third kappa shape index (κ3) is 20.9. The molecule has 6 aromatic rings. The quantitative estimate of drug-likeness (QED) is 0.0392. The molecule has 484 valence electrons. The highest BCUT2D eigenvalue weighted by Gasteiger charge is 2.35. The molecule has 0 atom stereocenters. The number of hydrogen-bond acceptors (Lipinski definition) is 19. The number of nitrogens with one attached hydrogen (secondary N) is 2. The van der Waals surface area contributed by atoms with E-state index in [-0.39, 0.29) is 118 Å². The van der Waals surface area contributed by atoms with E-state index in [1.807, 2.05) is 6.92 Å². The Morgan fingerprint density at radius 2 is 0.875 bits per heavy atom. The number of benzene rings is 2. The van der Waals surface area contributed by atoms with Crippen LogP contribution in [0.3, 0.4) is 0 Å². The average Bonchev–Trinajstić information content (AvgIpc) is 1.68. The molecule has 2 aromatic carbocycles. The number of imide groups is 2. The minimum Gasteiger partial charge on any atom is -0.396 e. The van der Waals surface area contributed by atoms with Gasteiger partial charge in [0.15, 0.2) is 22.3 Å². The molecule has 0 bridgehead atoms. The molecule has 29 heteroatoms. The summed E-state index contributed by atoms with van der Waals surface area (Å²) >= 11 is 0. The first-order valence-electron chi connectivity index (χ1n) is 37.9. The maximum atomic E-state index is 12.3. The van der Waals surface area contributed by atoms with E-state index in [0.717, 1.165) is 14.0 Å². The number of aromatic nitrogens is 8. The van der Waals surface area contributed by atoms with Gasteiger partial charge in [0.05, 0.1) is 34.9 Å². The van der Waals surface area contributed by atoms with Crippen LogP contribution < -0.4 is 44.6 Å². The number of imidazole rings is 2. The molecular formula is C59H92N18O11. The highest BCUT2D eigenvalue weighted by atomic mass is 16.3. The summed E-state index contributed by atoms with van der Waals surface area (Å²) in [5.41, 5.74) is 10.9. The lowest BCUT2D eigenvalue weighted by atomic mass is 10.1. The van der Waals surface area contributed by atoms with E-state index in [4.69, 9.17) is 45.4 Å². The largest absolute Gasteiger partial charge is 0.396 e. The van der Waals surface area contributed by atoms with Gasteiger partial charge in [0.1, 0.15) is 13.1 Å². The van der Waals surface area contributed by atoms with Gasteiger partial charge in [0.25, 0.3) is 34.7 Å². The van der Waals surface area contributed by atoms with Crippen LogP contribution in [0.4, 0.5) is 0 Å². The van der Waals surface area contributed by atoms with Crippen LogP contribution in [0.15, 0.2) is 80.4 Å². The molecule has 6 heterocycles. The Bertz CT molecular complexity index is 4200. The normalized spacial score (nSPS) is 16.8. The van der Waals surface area contributed by atoms with Crippen LogP contribution in [-0.4, -0.2) is 235 Å². The predicted molar refractivity (Wildman–Crippen MR) is 338 cm³/mol. The van der Waals surface area contributed by atoms with Gasteiger partial charge in [-0.3, -0.25) is 66.4 Å². The Labute approximate surface area is 542 Å². The van der Waals surface area contributed by atoms with Gasteiger partial charge in [-0.1, -0.05) is 24.3 Å². The molecule has 88 heavy (non-hydrogen) atoms. The topological polar surface area (TPSA) is 342 Å². The molecule has 0 unspecified atom stereocenters. The zero-order valence-corrected chi connectivity index (χ0v) is 49.9. The Morgan fingerprint density at radius 3 is 1.23 bits per heavy atom. The number of nitrogens with two attached hydrogens (primary N) is 2. The van der Waals surface area contributed by atoms with Crippen LogP contribution >= 0.6 is 0 Å². The molecule has 0 radical (unpaired) electrons. The van der Waals surface area contributed by atoms with Crippen molar-refractivity contribution >= 4 is 57.8 Å². The van der Waals surface area contributed by atoms with Crippen molar-refractivity contribution in [3.8, 4) is 0 Å². The summed E-state index contributed by atoms with van der Waals surface area (Å²) < 4.78 is 156. The first-order valence-corrected chi connectivity index (χ1v) is 27.4. The number of rotatable bonds is 22. The monoisotopic (exact) mass is 1250 g/mol. The van der Waals surface area contributed by atoms with Crippen molar-refractivity contribution in [1.82, 2.24) is 77.4 Å². The van der Waals surface area contributed by atoms with Crippen molar-refractivity contribution in [1.29, 1.82) is 0 Å². The molecule has 0 saturated carbocycles. The lowest BCUT2D eigenvalue weighted by Crippen LogP contribution is -2.38. The first kappa shape index (κ1) is 46.8. The summed E-state index contributed by atoms with van der Waals surface area (Å²) in [5.74, 6) is -1.96. The first-order chi connectivity index (χ1) is 50.2. The molecule has 7 N–H and O–H groups in total. The number of carbonyl (C=O) groups excluding carboxylic acids is 6. The number of fused-ring (bicyclic) bond motifs is 4. The Hall–Kier alpha value is -8.32. The van der Waals surface area contributed by atoms with Crippen LogP contribution in [0.5, 0.6) is 0 Å². The van der Waals surface area contributed by atoms with Crippen LogP contribution in [0.1, 0.15) is 109 Å². The number of aryl methyl sites for hydroxylation is 2. The van der Waals surface area contributed by atoms with Crippen molar-refractivity contribution in [3.05, 3.63) is 125 Å². The molecule has 0 spiro atoms. The molecule has 0 aliphatic carbocycles. The van der Waals surface area contributed by atoms with Gasteiger partial charge < -0.3 is 55.9 Å². The summed E-state index contributed by atoms with van der Waals surface area (Å²) in [4.78, 5) is 132. The van der Waals surface area contributed by atoms with Crippen molar-refractivity contribution in [2.45, 2.75) is 52.1 Å². The third-order valence-electron chi connectivity index (χ3n) is 12.7. The lowest BCUT2D eigenvalue weighted by molar-refractivity contribution is -0.122. The second-order valence-electron chi connectivity index (χ2n) is 19.4. The fourth-order valence-electron chi connectivity index (χ4n) is 8.20. The number of hydrogen-bond donors (Lipinski definition) is 5. The zero-order valence-electron chi connectivity index (χ0n) is 70.9. The van der Waals surface area contributed by atoms with Gasteiger partial charge >= 0.3 is 11.4 Å². The van der Waals surface area contributed by atoms with Gasteiger partial charge in [-0.05, 0) is 158 Å². The standard InChI is InChI=1S/C14H22N6O3.C13H16N2O2.C11H15N5O3.C11H11NO3.2C5H14N2/c1-17(2)7-5-6-15-10(21)8-20-9-16-12-11(20)13(22)19(4)14(23)18(12)3;1-14(2)8-5-9-15-12(16)10-6-3-4-7-11(10)13(15)17;1-4-12-7(17)5-16-6-13-9-8(16)10(18)15(3)11(19)14(9)2;13-7-3-6-12-10(14)8-4-1-2-5-9(8)11(12)15;2*1-7(2)5-3-4-6/h9H,5-8H2,1-4H3,(H,15,21);3-4,6-7H,5,8-9H2,1-2H3;6H,4-5H2,1-3H3,(H,12,17);1-2,4-5,13H,3,6-7H2;2*3-6H2,1-2H3/i1D3;1D3,2D3;;;2*1D3,2D3. The van der Waals surface area contributed by atoms with Gasteiger partial charge in [-0.2, -0.15) is 0 Å².